The maximum absolute atomic E-state index is 13.5. The Bertz CT molecular complexity index is 1370. The molecule has 0 atom stereocenters. The van der Waals surface area contributed by atoms with E-state index in [2.05, 4.69) is 0 Å². The first-order valence-electron chi connectivity index (χ1n) is 13.1. The fraction of sp³-hybridized carbons (Fsp3) is 0.273. The molecule has 3 rings (SSSR count). The minimum atomic E-state index is -1.08. The van der Waals surface area contributed by atoms with E-state index in [0.717, 1.165) is 0 Å². The van der Waals surface area contributed by atoms with E-state index >= 15 is 0 Å². The van der Waals surface area contributed by atoms with Crippen LogP contribution in [0.2, 0.25) is 0 Å². The number of hydrogen-bond donors (Lipinski definition) is 1. The van der Waals surface area contributed by atoms with Crippen LogP contribution in [0.15, 0.2) is 54.6 Å². The number of phenolic OH excluding ortho intramolecular Hbond substituents is 1. The van der Waals surface area contributed by atoms with E-state index in [9.17, 15) is 14.7 Å². The Morgan fingerprint density at radius 2 is 1.00 bits per heavy atom. The predicted octanol–water partition coefficient (Wildman–Crippen LogP) is 5.18. The highest BCUT2D eigenvalue weighted by Crippen LogP contribution is 2.39. The van der Waals surface area contributed by atoms with Gasteiger partial charge in [-0.25, -0.2) is 0 Å². The number of carbonyl (C=O) groups excluding carboxylic acids is 2. The van der Waals surface area contributed by atoms with Crippen LogP contribution < -0.4 is 33.2 Å². The van der Waals surface area contributed by atoms with Crippen LogP contribution in [0.5, 0.6) is 46.0 Å². The molecule has 0 aromatic heterocycles. The summed E-state index contributed by atoms with van der Waals surface area (Å²) in [6, 6.07) is 11.5. The SMILES string of the molecule is COc1cc(CC(C(=O)/C=C/c2cc(OC)c(OC)c(OC)c2)C(=O)/C=C/c2cc(OC)c(OC)c(OC)c2)ccc1O. The molecule has 0 spiro atoms. The molecule has 0 aliphatic rings. The molecule has 0 unspecified atom stereocenters. The summed E-state index contributed by atoms with van der Waals surface area (Å²) in [6.07, 6.45) is 5.90. The lowest BCUT2D eigenvalue weighted by Gasteiger charge is -2.14. The van der Waals surface area contributed by atoms with Crippen LogP contribution in [-0.2, 0) is 16.0 Å². The highest BCUT2D eigenvalue weighted by molar-refractivity contribution is 6.13. The van der Waals surface area contributed by atoms with Gasteiger partial charge >= 0.3 is 0 Å². The van der Waals surface area contributed by atoms with E-state index in [1.807, 2.05) is 0 Å². The minimum Gasteiger partial charge on any atom is -0.504 e. The Balaban J connectivity index is 1.98. The molecule has 0 aliphatic heterocycles. The van der Waals surface area contributed by atoms with Crippen LogP contribution in [-0.4, -0.2) is 66.4 Å². The molecule has 3 aromatic carbocycles. The third kappa shape index (κ3) is 7.79. The second-order valence-electron chi connectivity index (χ2n) is 9.15. The number of benzene rings is 3. The van der Waals surface area contributed by atoms with Crippen molar-refractivity contribution in [3.63, 3.8) is 0 Å². The highest BCUT2D eigenvalue weighted by Gasteiger charge is 2.24. The molecular formula is C33H36O10. The fourth-order valence-electron chi connectivity index (χ4n) is 4.41. The lowest BCUT2D eigenvalue weighted by molar-refractivity contribution is -0.127. The van der Waals surface area contributed by atoms with E-state index < -0.39 is 17.5 Å². The van der Waals surface area contributed by atoms with Crippen molar-refractivity contribution in [2.24, 2.45) is 5.92 Å². The molecule has 0 saturated heterocycles. The van der Waals surface area contributed by atoms with Crippen LogP contribution in [0.4, 0.5) is 0 Å². The number of hydrogen-bond acceptors (Lipinski definition) is 10. The first-order valence-corrected chi connectivity index (χ1v) is 13.1. The zero-order valence-corrected chi connectivity index (χ0v) is 25.3. The average Bonchev–Trinajstić information content (AvgIpc) is 3.04. The molecule has 0 bridgehead atoms. The normalized spacial score (nSPS) is 11.1. The van der Waals surface area contributed by atoms with E-state index in [4.69, 9.17) is 33.2 Å². The third-order valence-corrected chi connectivity index (χ3v) is 6.63. The molecule has 1 N–H and O–H groups in total. The standard InChI is InChI=1S/C33H36O10/c1-37-27-15-20(10-13-26(27)36)14-23(24(34)11-8-21-16-28(38-2)32(42-6)29(17-21)39-3)25(35)12-9-22-18-30(40-4)33(43-7)31(19-22)41-5/h8-13,15-19,23,36H,14H2,1-7H3/b11-8+,12-9+. The summed E-state index contributed by atoms with van der Waals surface area (Å²) in [5, 5.41) is 10.0. The number of ether oxygens (including phenoxy) is 7. The van der Waals surface area contributed by atoms with Crippen LogP contribution in [0.3, 0.4) is 0 Å². The molecule has 10 heteroatoms. The third-order valence-electron chi connectivity index (χ3n) is 6.63. The van der Waals surface area contributed by atoms with Crippen molar-refractivity contribution in [3.05, 3.63) is 71.3 Å². The number of carbonyl (C=O) groups is 2. The molecule has 0 radical (unpaired) electrons. The molecule has 0 amide bonds. The molecule has 228 valence electrons. The number of ketones is 2. The lowest BCUT2D eigenvalue weighted by atomic mass is 9.90. The molecule has 10 nitrogen and oxygen atoms in total. The van der Waals surface area contributed by atoms with Gasteiger partial charge in [-0.3, -0.25) is 9.59 Å². The summed E-state index contributed by atoms with van der Waals surface area (Å²) in [6.45, 7) is 0. The van der Waals surface area contributed by atoms with Gasteiger partial charge in [0.1, 0.15) is 0 Å². The van der Waals surface area contributed by atoms with Gasteiger partial charge in [0.2, 0.25) is 11.5 Å². The fourth-order valence-corrected chi connectivity index (χ4v) is 4.41. The topological polar surface area (TPSA) is 119 Å². The second-order valence-corrected chi connectivity index (χ2v) is 9.15. The molecule has 0 saturated carbocycles. The largest absolute Gasteiger partial charge is 0.504 e. The minimum absolute atomic E-state index is 0.0509. The summed E-state index contributed by atoms with van der Waals surface area (Å²) in [7, 11) is 10.4. The maximum Gasteiger partial charge on any atom is 0.203 e. The number of allylic oxidation sites excluding steroid dienone is 2. The average molecular weight is 593 g/mol. The predicted molar refractivity (Wildman–Crippen MR) is 162 cm³/mol. The van der Waals surface area contributed by atoms with Gasteiger partial charge in [0.05, 0.1) is 55.7 Å². The number of aromatic hydroxyl groups is 1. The first kappa shape index (κ1) is 32.4. The summed E-state index contributed by atoms with van der Waals surface area (Å²) in [5.41, 5.74) is 1.84. The first-order chi connectivity index (χ1) is 20.7. The highest BCUT2D eigenvalue weighted by atomic mass is 16.5. The smallest absolute Gasteiger partial charge is 0.203 e. The second kappa shape index (κ2) is 15.2. The van der Waals surface area contributed by atoms with Crippen LogP contribution in [0, 0.1) is 5.92 Å². The summed E-state index contributed by atoms with van der Waals surface area (Å²) < 4.78 is 37.5. The Labute approximate surface area is 251 Å². The molecule has 3 aromatic rings. The van der Waals surface area contributed by atoms with E-state index in [0.29, 0.717) is 51.2 Å². The Morgan fingerprint density at radius 3 is 1.35 bits per heavy atom. The molecule has 43 heavy (non-hydrogen) atoms. The summed E-state index contributed by atoms with van der Waals surface area (Å²) in [5.74, 6) is 0.766. The zero-order valence-electron chi connectivity index (χ0n) is 25.3. The van der Waals surface area contributed by atoms with Gasteiger partial charge in [0, 0.05) is 0 Å². The van der Waals surface area contributed by atoms with Gasteiger partial charge in [-0.05, 0) is 71.7 Å². The number of phenols is 1. The Morgan fingerprint density at radius 1 is 0.605 bits per heavy atom. The van der Waals surface area contributed by atoms with Gasteiger partial charge in [0.25, 0.3) is 0 Å². The van der Waals surface area contributed by atoms with E-state index in [1.54, 1.807) is 48.6 Å². The maximum atomic E-state index is 13.5. The summed E-state index contributed by atoms with van der Waals surface area (Å²) >= 11 is 0. The molecule has 0 fully saturated rings. The van der Waals surface area contributed by atoms with Crippen molar-refractivity contribution < 1.29 is 47.9 Å². The summed E-state index contributed by atoms with van der Waals surface area (Å²) in [4.78, 5) is 27.1. The van der Waals surface area contributed by atoms with Crippen molar-refractivity contribution in [1.29, 1.82) is 0 Å². The monoisotopic (exact) mass is 592 g/mol. The van der Waals surface area contributed by atoms with Crippen LogP contribution in [0.1, 0.15) is 16.7 Å². The van der Waals surface area contributed by atoms with Gasteiger partial charge in [-0.15, -0.1) is 0 Å². The molecular weight excluding hydrogens is 556 g/mol. The van der Waals surface area contributed by atoms with Gasteiger partial charge in [-0.1, -0.05) is 18.2 Å². The molecule has 0 aliphatic carbocycles. The van der Waals surface area contributed by atoms with Gasteiger partial charge in [-0.2, -0.15) is 0 Å². The Kier molecular flexibility index (Phi) is 11.5. The van der Waals surface area contributed by atoms with Crippen LogP contribution >= 0.6 is 0 Å². The molecule has 0 heterocycles. The van der Waals surface area contributed by atoms with Crippen molar-refractivity contribution in [1.82, 2.24) is 0 Å². The van der Waals surface area contributed by atoms with Crippen molar-refractivity contribution in [3.8, 4) is 46.0 Å². The number of rotatable bonds is 15. The van der Waals surface area contributed by atoms with Gasteiger partial charge < -0.3 is 38.3 Å². The Hall–Kier alpha value is -5.12. The lowest BCUT2D eigenvalue weighted by Crippen LogP contribution is -2.23. The van der Waals surface area contributed by atoms with E-state index in [1.165, 1.54) is 68.0 Å². The van der Waals surface area contributed by atoms with Gasteiger partial charge in [0.15, 0.2) is 46.1 Å². The number of methoxy groups -OCH3 is 7. The van der Waals surface area contributed by atoms with E-state index in [-0.39, 0.29) is 17.9 Å². The van der Waals surface area contributed by atoms with Crippen LogP contribution in [0.25, 0.3) is 12.2 Å². The quantitative estimate of drug-likeness (QED) is 0.187. The zero-order chi connectivity index (χ0) is 31.5. The van der Waals surface area contributed by atoms with Crippen molar-refractivity contribution >= 4 is 23.7 Å². The van der Waals surface area contributed by atoms with Crippen molar-refractivity contribution in [2.45, 2.75) is 6.42 Å². The van der Waals surface area contributed by atoms with Crippen molar-refractivity contribution in [2.75, 3.05) is 49.8 Å².